The van der Waals surface area contributed by atoms with Crippen LogP contribution in [0.25, 0.3) is 0 Å². The smallest absolute Gasteiger partial charge is 0.387 e. The Bertz CT molecular complexity index is 636. The van der Waals surface area contributed by atoms with Crippen molar-refractivity contribution in [1.29, 1.82) is 0 Å². The Morgan fingerprint density at radius 3 is 2.74 bits per heavy atom. The quantitative estimate of drug-likeness (QED) is 0.741. The van der Waals surface area contributed by atoms with Gasteiger partial charge in [-0.3, -0.25) is 0 Å². The SMILES string of the molecule is CCN(CC1CCOC1)S(=O)(=O)c1ccc(OC(F)F)c(Cl)c1. The van der Waals surface area contributed by atoms with Gasteiger partial charge in [0.15, 0.2) is 0 Å². The van der Waals surface area contributed by atoms with Gasteiger partial charge in [0.25, 0.3) is 0 Å². The molecule has 2 rings (SSSR count). The van der Waals surface area contributed by atoms with Gasteiger partial charge in [0.2, 0.25) is 10.0 Å². The topological polar surface area (TPSA) is 55.8 Å². The average Bonchev–Trinajstić information content (AvgIpc) is 2.99. The van der Waals surface area contributed by atoms with Crippen LogP contribution in [-0.4, -0.2) is 45.6 Å². The number of hydrogen-bond donors (Lipinski definition) is 0. The molecule has 1 atom stereocenters. The number of alkyl halides is 2. The predicted octanol–water partition coefficient (Wildman–Crippen LogP) is 2.99. The summed E-state index contributed by atoms with van der Waals surface area (Å²) in [4.78, 5) is -0.0510. The molecule has 1 fully saturated rings. The van der Waals surface area contributed by atoms with E-state index in [0.29, 0.717) is 26.3 Å². The molecule has 1 unspecified atom stereocenters. The summed E-state index contributed by atoms with van der Waals surface area (Å²) in [6.07, 6.45) is 0.813. The maximum Gasteiger partial charge on any atom is 0.387 e. The van der Waals surface area contributed by atoms with Crippen LogP contribution in [0.4, 0.5) is 8.78 Å². The molecule has 5 nitrogen and oxygen atoms in total. The van der Waals surface area contributed by atoms with E-state index in [-0.39, 0.29) is 21.6 Å². The maximum absolute atomic E-state index is 12.7. The van der Waals surface area contributed by atoms with Crippen molar-refractivity contribution < 1.29 is 26.7 Å². The Balaban J connectivity index is 2.21. The van der Waals surface area contributed by atoms with Gasteiger partial charge in [0.05, 0.1) is 16.5 Å². The Morgan fingerprint density at radius 1 is 1.48 bits per heavy atom. The minimum atomic E-state index is -3.76. The first-order valence-corrected chi connectivity index (χ1v) is 8.98. The molecule has 1 aromatic carbocycles. The molecule has 1 aromatic rings. The van der Waals surface area contributed by atoms with Crippen molar-refractivity contribution in [2.75, 3.05) is 26.3 Å². The van der Waals surface area contributed by atoms with Crippen molar-refractivity contribution in [3.8, 4) is 5.75 Å². The van der Waals surface area contributed by atoms with E-state index in [1.54, 1.807) is 6.92 Å². The molecule has 0 amide bonds. The molecule has 1 heterocycles. The molecule has 0 aromatic heterocycles. The van der Waals surface area contributed by atoms with Gasteiger partial charge in [0, 0.05) is 19.7 Å². The lowest BCUT2D eigenvalue weighted by Gasteiger charge is -2.23. The van der Waals surface area contributed by atoms with Gasteiger partial charge in [-0.2, -0.15) is 13.1 Å². The van der Waals surface area contributed by atoms with Gasteiger partial charge in [-0.1, -0.05) is 18.5 Å². The maximum atomic E-state index is 12.7. The van der Waals surface area contributed by atoms with E-state index < -0.39 is 16.6 Å². The van der Waals surface area contributed by atoms with Crippen LogP contribution in [0.15, 0.2) is 23.1 Å². The minimum absolute atomic E-state index is 0.0510. The van der Waals surface area contributed by atoms with Crippen LogP contribution in [0.2, 0.25) is 5.02 Å². The molecule has 0 N–H and O–H groups in total. The molecule has 1 saturated heterocycles. The second-order valence-corrected chi connectivity index (χ2v) is 7.50. The van der Waals surface area contributed by atoms with Crippen LogP contribution in [0.5, 0.6) is 5.75 Å². The van der Waals surface area contributed by atoms with Crippen LogP contribution in [0, 0.1) is 5.92 Å². The number of halogens is 3. The van der Waals surface area contributed by atoms with Crippen molar-refractivity contribution in [2.24, 2.45) is 5.92 Å². The highest BCUT2D eigenvalue weighted by Crippen LogP contribution is 2.30. The predicted molar refractivity (Wildman–Crippen MR) is 81.4 cm³/mol. The third kappa shape index (κ3) is 4.53. The minimum Gasteiger partial charge on any atom is -0.433 e. The zero-order valence-corrected chi connectivity index (χ0v) is 14.1. The molecule has 23 heavy (non-hydrogen) atoms. The van der Waals surface area contributed by atoms with Gasteiger partial charge in [-0.15, -0.1) is 0 Å². The lowest BCUT2D eigenvalue weighted by Crippen LogP contribution is -2.35. The fraction of sp³-hybridized carbons (Fsp3) is 0.571. The molecule has 0 bridgehead atoms. The van der Waals surface area contributed by atoms with Crippen molar-refractivity contribution in [3.05, 3.63) is 23.2 Å². The monoisotopic (exact) mass is 369 g/mol. The molecule has 1 aliphatic rings. The van der Waals surface area contributed by atoms with Crippen molar-refractivity contribution in [2.45, 2.75) is 24.9 Å². The number of sulfonamides is 1. The second-order valence-electron chi connectivity index (χ2n) is 5.16. The summed E-state index contributed by atoms with van der Waals surface area (Å²) in [6, 6.07) is 3.48. The summed E-state index contributed by atoms with van der Waals surface area (Å²) in [7, 11) is -3.76. The highest BCUT2D eigenvalue weighted by atomic mass is 35.5. The first-order valence-electron chi connectivity index (χ1n) is 7.16. The summed E-state index contributed by atoms with van der Waals surface area (Å²) >= 11 is 5.84. The van der Waals surface area contributed by atoms with E-state index in [1.165, 1.54) is 10.4 Å². The van der Waals surface area contributed by atoms with Crippen molar-refractivity contribution in [3.63, 3.8) is 0 Å². The van der Waals surface area contributed by atoms with Crippen LogP contribution < -0.4 is 4.74 Å². The summed E-state index contributed by atoms with van der Waals surface area (Å²) in [6.45, 7) is 0.534. The van der Waals surface area contributed by atoms with Gasteiger partial charge in [-0.25, -0.2) is 8.42 Å². The number of hydrogen-bond acceptors (Lipinski definition) is 4. The lowest BCUT2D eigenvalue weighted by molar-refractivity contribution is -0.0498. The molecule has 0 saturated carbocycles. The van der Waals surface area contributed by atoms with Gasteiger partial charge in [0.1, 0.15) is 5.75 Å². The Labute approximate surface area is 139 Å². The average molecular weight is 370 g/mol. The summed E-state index contributed by atoms with van der Waals surface area (Å²) in [5.74, 6) is -0.102. The molecule has 0 aliphatic carbocycles. The van der Waals surface area contributed by atoms with Crippen molar-refractivity contribution in [1.82, 2.24) is 4.31 Å². The Hall–Kier alpha value is -0.960. The zero-order chi connectivity index (χ0) is 17.0. The molecular weight excluding hydrogens is 352 g/mol. The fourth-order valence-corrected chi connectivity index (χ4v) is 4.24. The van der Waals surface area contributed by atoms with Crippen LogP contribution >= 0.6 is 11.6 Å². The van der Waals surface area contributed by atoms with Crippen LogP contribution in [0.1, 0.15) is 13.3 Å². The lowest BCUT2D eigenvalue weighted by atomic mass is 10.1. The number of benzene rings is 1. The highest BCUT2D eigenvalue weighted by Gasteiger charge is 2.28. The van der Waals surface area contributed by atoms with E-state index in [1.807, 2.05) is 0 Å². The number of ether oxygens (including phenoxy) is 2. The molecule has 9 heteroatoms. The van der Waals surface area contributed by atoms with E-state index >= 15 is 0 Å². The molecule has 0 radical (unpaired) electrons. The number of nitrogens with zero attached hydrogens (tertiary/aromatic N) is 1. The zero-order valence-electron chi connectivity index (χ0n) is 12.5. The largest absolute Gasteiger partial charge is 0.433 e. The third-order valence-corrected chi connectivity index (χ3v) is 5.83. The first-order chi connectivity index (χ1) is 10.8. The number of rotatable bonds is 7. The summed E-state index contributed by atoms with van der Waals surface area (Å²) < 4.78 is 60.6. The van der Waals surface area contributed by atoms with E-state index in [0.717, 1.165) is 18.6 Å². The molecule has 0 spiro atoms. The van der Waals surface area contributed by atoms with Crippen LogP contribution in [0.3, 0.4) is 0 Å². The summed E-state index contributed by atoms with van der Waals surface area (Å²) in [5.41, 5.74) is 0. The Kier molecular flexibility index (Phi) is 6.19. The standard InChI is InChI=1S/C14H18ClF2NO4S/c1-2-18(8-10-5-6-21-9-10)23(19,20)11-3-4-13(12(15)7-11)22-14(16)17/h3-4,7,10,14H,2,5-6,8-9H2,1H3. The Morgan fingerprint density at radius 2 is 2.22 bits per heavy atom. The van der Waals surface area contributed by atoms with Gasteiger partial charge < -0.3 is 9.47 Å². The van der Waals surface area contributed by atoms with Crippen LogP contribution in [-0.2, 0) is 14.8 Å². The van der Waals surface area contributed by atoms with Gasteiger partial charge in [-0.05, 0) is 30.5 Å². The van der Waals surface area contributed by atoms with Crippen molar-refractivity contribution >= 4 is 21.6 Å². The van der Waals surface area contributed by atoms with Gasteiger partial charge >= 0.3 is 6.61 Å². The molecular formula is C14H18ClF2NO4S. The summed E-state index contributed by atoms with van der Waals surface area (Å²) in [5, 5.41) is -0.174. The van der Waals surface area contributed by atoms with E-state index in [4.69, 9.17) is 16.3 Å². The van der Waals surface area contributed by atoms with E-state index in [9.17, 15) is 17.2 Å². The first kappa shape index (κ1) is 18.4. The third-order valence-electron chi connectivity index (χ3n) is 3.60. The molecule has 1 aliphatic heterocycles. The molecule has 130 valence electrons. The van der Waals surface area contributed by atoms with E-state index in [2.05, 4.69) is 4.74 Å². The normalized spacial score (nSPS) is 18.8. The second kappa shape index (κ2) is 7.74. The highest BCUT2D eigenvalue weighted by molar-refractivity contribution is 7.89. The fourth-order valence-electron chi connectivity index (χ4n) is 2.40.